The number of nitrogens with zero attached hydrogens (tertiary/aromatic N) is 1. The lowest BCUT2D eigenvalue weighted by molar-refractivity contribution is -0.0441. The van der Waals surface area contributed by atoms with Crippen LogP contribution in [0.15, 0.2) is 55.2 Å². The van der Waals surface area contributed by atoms with Crippen LogP contribution < -0.4 is 9.47 Å². The van der Waals surface area contributed by atoms with E-state index >= 15 is 0 Å². The molecular weight excluding hydrogens is 508 g/mol. The molecule has 1 aliphatic carbocycles. The van der Waals surface area contributed by atoms with Crippen LogP contribution in [0.3, 0.4) is 0 Å². The highest BCUT2D eigenvalue weighted by molar-refractivity contribution is 7.75. The minimum absolute atomic E-state index is 0.0587. The summed E-state index contributed by atoms with van der Waals surface area (Å²) in [4.78, 5) is 14.6. The second-order valence-corrected chi connectivity index (χ2v) is 14.0. The van der Waals surface area contributed by atoms with Crippen molar-refractivity contribution < 1.29 is 42.4 Å². The summed E-state index contributed by atoms with van der Waals surface area (Å²) in [5.74, 6) is 0.692. The van der Waals surface area contributed by atoms with Gasteiger partial charge in [-0.2, -0.15) is 0 Å². The van der Waals surface area contributed by atoms with Gasteiger partial charge < -0.3 is 24.2 Å². The number of rotatable bonds is 8. The molecule has 0 amide bonds. The monoisotopic (exact) mass is 539 g/mol. The zero-order chi connectivity index (χ0) is 26.0. The van der Waals surface area contributed by atoms with E-state index in [4.69, 9.17) is 23.3 Å². The van der Waals surface area contributed by atoms with Gasteiger partial charge in [0.2, 0.25) is 12.5 Å². The summed E-state index contributed by atoms with van der Waals surface area (Å²) in [5, 5.41) is 8.46. The maximum Gasteiger partial charge on any atom is 0.372 e. The molecule has 1 aromatic carbocycles. The molecule has 1 saturated carbocycles. The van der Waals surface area contributed by atoms with Crippen LogP contribution in [-0.4, -0.2) is 39.9 Å². The van der Waals surface area contributed by atoms with Crippen LogP contribution in [0.5, 0.6) is 11.5 Å². The van der Waals surface area contributed by atoms with Crippen molar-refractivity contribution in [2.24, 2.45) is 0 Å². The summed E-state index contributed by atoms with van der Waals surface area (Å²) >= 11 is 0. The first kappa shape index (κ1) is 26.9. The summed E-state index contributed by atoms with van der Waals surface area (Å²) in [6.07, 6.45) is 6.34. The SMILES string of the molecule is C=C(Oc1ccc(C2OP(C)(=O)C(O)(Cc3cccnc3)P(=O)(O)O2)cc1OC)OC1CCCCC1. The Hall–Kier alpha value is -2.19. The lowest BCUT2D eigenvalue weighted by Gasteiger charge is -2.43. The van der Waals surface area contributed by atoms with Crippen molar-refractivity contribution in [1.29, 1.82) is 0 Å². The Kier molecular flexibility index (Phi) is 7.95. The molecular formula is C24H31NO9P2. The van der Waals surface area contributed by atoms with E-state index in [1.165, 1.54) is 44.1 Å². The van der Waals surface area contributed by atoms with Gasteiger partial charge in [0.1, 0.15) is 6.10 Å². The summed E-state index contributed by atoms with van der Waals surface area (Å²) < 4.78 is 54.5. The third-order valence-corrected chi connectivity index (χ3v) is 11.8. The molecule has 4 unspecified atom stereocenters. The quantitative estimate of drug-likeness (QED) is 0.335. The van der Waals surface area contributed by atoms with Crippen molar-refractivity contribution in [3.8, 4) is 11.5 Å². The van der Waals surface area contributed by atoms with E-state index in [1.54, 1.807) is 12.1 Å². The van der Waals surface area contributed by atoms with Crippen molar-refractivity contribution in [1.82, 2.24) is 4.98 Å². The first-order valence-corrected chi connectivity index (χ1v) is 15.3. The molecule has 2 fully saturated rings. The van der Waals surface area contributed by atoms with Crippen LogP contribution >= 0.6 is 15.0 Å². The second kappa shape index (κ2) is 10.7. The zero-order valence-corrected chi connectivity index (χ0v) is 22.0. The van der Waals surface area contributed by atoms with Gasteiger partial charge in [-0.15, -0.1) is 0 Å². The number of hydrogen-bond donors (Lipinski definition) is 2. The molecule has 2 aliphatic rings. The first-order valence-electron chi connectivity index (χ1n) is 11.6. The Balaban J connectivity index is 1.52. The van der Waals surface area contributed by atoms with Crippen LogP contribution in [0, 0.1) is 0 Å². The molecule has 1 aliphatic heterocycles. The summed E-state index contributed by atoms with van der Waals surface area (Å²) in [7, 11) is -7.55. The van der Waals surface area contributed by atoms with Crippen molar-refractivity contribution in [2.45, 2.75) is 56.0 Å². The number of pyridine rings is 1. The summed E-state index contributed by atoms with van der Waals surface area (Å²) in [6, 6.07) is 7.71. The van der Waals surface area contributed by atoms with Gasteiger partial charge in [-0.05, 0) is 62.1 Å². The third kappa shape index (κ3) is 5.54. The fourth-order valence-corrected chi connectivity index (χ4v) is 8.63. The largest absolute Gasteiger partial charge is 0.493 e. The average molecular weight is 539 g/mol. The number of benzene rings is 1. The molecule has 12 heteroatoms. The second-order valence-electron chi connectivity index (χ2n) is 8.98. The predicted molar refractivity (Wildman–Crippen MR) is 132 cm³/mol. The Labute approximate surface area is 210 Å². The van der Waals surface area contributed by atoms with Gasteiger partial charge in [-0.1, -0.05) is 12.5 Å². The van der Waals surface area contributed by atoms with Gasteiger partial charge in [0.25, 0.3) is 5.95 Å². The van der Waals surface area contributed by atoms with Gasteiger partial charge in [0, 0.05) is 31.0 Å². The Morgan fingerprint density at radius 2 is 1.94 bits per heavy atom. The van der Waals surface area contributed by atoms with Gasteiger partial charge in [-0.3, -0.25) is 23.2 Å². The number of aromatic nitrogens is 1. The lowest BCUT2D eigenvalue weighted by atomic mass is 9.98. The Morgan fingerprint density at radius 3 is 2.58 bits per heavy atom. The average Bonchev–Trinajstić information content (AvgIpc) is 2.84. The van der Waals surface area contributed by atoms with Crippen LogP contribution in [0.4, 0.5) is 0 Å². The highest BCUT2D eigenvalue weighted by atomic mass is 31.2. The molecule has 2 heterocycles. The third-order valence-electron chi connectivity index (χ3n) is 6.34. The molecule has 1 aromatic heterocycles. The molecule has 10 nitrogen and oxygen atoms in total. The van der Waals surface area contributed by atoms with E-state index in [0.717, 1.165) is 32.3 Å². The highest BCUT2D eigenvalue weighted by Crippen LogP contribution is 2.79. The van der Waals surface area contributed by atoms with Gasteiger partial charge in [0.05, 0.1) is 7.11 Å². The van der Waals surface area contributed by atoms with E-state index in [2.05, 4.69) is 11.6 Å². The number of hydrogen-bond acceptors (Lipinski definition) is 9. The van der Waals surface area contributed by atoms with Gasteiger partial charge in [0.15, 0.2) is 17.8 Å². The molecule has 1 saturated heterocycles. The zero-order valence-electron chi connectivity index (χ0n) is 20.2. The van der Waals surface area contributed by atoms with Gasteiger partial charge >= 0.3 is 7.60 Å². The normalized spacial score (nSPS) is 30.9. The number of aliphatic hydroxyl groups is 1. The van der Waals surface area contributed by atoms with E-state index in [-0.39, 0.29) is 23.4 Å². The molecule has 0 spiro atoms. The standard InChI is InChI=1S/C24H31NO9P2/c1-17(31-20-9-5-4-6-10-20)32-21-12-11-19(14-22(21)30-2)23-33-35(3,27)24(26,36(28,29)34-23)15-18-8-7-13-25-16-18/h7-8,11-14,16,20,23,26H,1,4-6,9-10,15H2,2-3H3,(H,28,29). The topological polar surface area (TPSA) is 134 Å². The number of methoxy groups -OCH3 is 1. The molecule has 196 valence electrons. The maximum absolute atomic E-state index is 13.5. The van der Waals surface area contributed by atoms with Crippen molar-refractivity contribution >= 4 is 15.0 Å². The molecule has 0 bridgehead atoms. The van der Waals surface area contributed by atoms with E-state index in [1.807, 2.05) is 0 Å². The summed E-state index contributed by atoms with van der Waals surface area (Å²) in [6.45, 7) is 4.95. The smallest absolute Gasteiger partial charge is 0.372 e. The Bertz CT molecular complexity index is 1160. The van der Waals surface area contributed by atoms with Crippen molar-refractivity contribution in [3.63, 3.8) is 0 Å². The lowest BCUT2D eigenvalue weighted by Crippen LogP contribution is -2.37. The fourth-order valence-electron chi connectivity index (χ4n) is 4.30. The van der Waals surface area contributed by atoms with Crippen LogP contribution in [-0.2, 0) is 29.3 Å². The maximum atomic E-state index is 13.5. The molecule has 0 radical (unpaired) electrons. The molecule has 2 aromatic rings. The highest BCUT2D eigenvalue weighted by Gasteiger charge is 2.64. The van der Waals surface area contributed by atoms with Crippen LogP contribution in [0.1, 0.15) is 49.5 Å². The van der Waals surface area contributed by atoms with Crippen LogP contribution in [0.2, 0.25) is 0 Å². The molecule has 4 atom stereocenters. The van der Waals surface area contributed by atoms with E-state index < -0.39 is 32.8 Å². The fraction of sp³-hybridized carbons (Fsp3) is 0.458. The minimum Gasteiger partial charge on any atom is -0.493 e. The molecule has 36 heavy (non-hydrogen) atoms. The first-order chi connectivity index (χ1) is 17.0. The summed E-state index contributed by atoms with van der Waals surface area (Å²) in [5.41, 5.74) is 0.652. The Morgan fingerprint density at radius 1 is 1.19 bits per heavy atom. The van der Waals surface area contributed by atoms with Gasteiger partial charge in [-0.25, -0.2) is 0 Å². The van der Waals surface area contributed by atoms with E-state index in [9.17, 15) is 19.1 Å². The number of ether oxygens (including phenoxy) is 3. The van der Waals surface area contributed by atoms with Crippen molar-refractivity contribution in [3.05, 3.63) is 66.4 Å². The predicted octanol–water partition coefficient (Wildman–Crippen LogP) is 5.32. The minimum atomic E-state index is -4.86. The molecule has 4 rings (SSSR count). The molecule has 2 N–H and O–H groups in total. The van der Waals surface area contributed by atoms with E-state index in [0.29, 0.717) is 11.3 Å². The van der Waals surface area contributed by atoms with Crippen LogP contribution in [0.25, 0.3) is 0 Å². The van der Waals surface area contributed by atoms with Crippen molar-refractivity contribution in [2.75, 3.05) is 13.8 Å².